The number of likely N-dealkylation sites (N-methyl/N-ethyl adjacent to an activating group) is 1. The Kier molecular flexibility index (Phi) is 6.72. The van der Waals surface area contributed by atoms with Crippen molar-refractivity contribution in [1.29, 1.82) is 0 Å². The Bertz CT molecular complexity index is 466. The van der Waals surface area contributed by atoms with Gasteiger partial charge in [-0.25, -0.2) is 0 Å². The monoisotopic (exact) mass is 327 g/mol. The third-order valence-electron chi connectivity index (χ3n) is 3.94. The van der Waals surface area contributed by atoms with Gasteiger partial charge in [-0.1, -0.05) is 32.4 Å². The predicted octanol–water partition coefficient (Wildman–Crippen LogP) is 4.33. The van der Waals surface area contributed by atoms with Crippen molar-refractivity contribution >= 4 is 23.4 Å². The minimum atomic E-state index is 0.473. The van der Waals surface area contributed by atoms with Gasteiger partial charge in [-0.3, -0.25) is 0 Å². The van der Waals surface area contributed by atoms with Gasteiger partial charge < -0.3 is 10.1 Å². The molecule has 0 bridgehead atoms. The lowest BCUT2D eigenvalue weighted by molar-refractivity contribution is 0.352. The van der Waals surface area contributed by atoms with Crippen molar-refractivity contribution in [1.82, 2.24) is 5.32 Å². The van der Waals surface area contributed by atoms with Crippen LogP contribution in [0.4, 0.5) is 0 Å². The minimum absolute atomic E-state index is 0.473. The van der Waals surface area contributed by atoms with Gasteiger partial charge in [0.15, 0.2) is 0 Å². The van der Waals surface area contributed by atoms with Crippen molar-refractivity contribution in [3.63, 3.8) is 0 Å². The lowest BCUT2D eigenvalue weighted by atomic mass is 10.0. The van der Waals surface area contributed by atoms with Crippen LogP contribution in [0.2, 0.25) is 5.02 Å². The van der Waals surface area contributed by atoms with Crippen LogP contribution in [0.5, 0.6) is 5.75 Å². The molecule has 4 heteroatoms. The highest BCUT2D eigenvalue weighted by Crippen LogP contribution is 2.34. The first kappa shape index (κ1) is 17.0. The number of nitrogens with one attached hydrogen (secondary N) is 1. The molecule has 1 heterocycles. The zero-order valence-corrected chi connectivity index (χ0v) is 14.8. The van der Waals surface area contributed by atoms with Crippen molar-refractivity contribution in [3.05, 3.63) is 28.3 Å². The number of ether oxygens (including phenoxy) is 1. The van der Waals surface area contributed by atoms with Crippen molar-refractivity contribution < 1.29 is 4.74 Å². The average molecular weight is 328 g/mol. The van der Waals surface area contributed by atoms with E-state index < -0.39 is 0 Å². The summed E-state index contributed by atoms with van der Waals surface area (Å²) in [6.45, 7) is 8.50. The summed E-state index contributed by atoms with van der Waals surface area (Å²) in [5.41, 5.74) is 2.52. The lowest BCUT2D eigenvalue weighted by Gasteiger charge is -2.21. The molecule has 21 heavy (non-hydrogen) atoms. The summed E-state index contributed by atoms with van der Waals surface area (Å²) in [5, 5.41) is 5.15. The number of halogens is 1. The molecule has 2 nitrogen and oxygen atoms in total. The zero-order valence-electron chi connectivity index (χ0n) is 13.2. The Balaban J connectivity index is 2.06. The van der Waals surface area contributed by atoms with Crippen LogP contribution in [0.15, 0.2) is 12.1 Å². The lowest BCUT2D eigenvalue weighted by Crippen LogP contribution is -2.33. The van der Waals surface area contributed by atoms with E-state index in [9.17, 15) is 0 Å². The van der Waals surface area contributed by atoms with Gasteiger partial charge in [-0.2, -0.15) is 11.8 Å². The van der Waals surface area contributed by atoms with E-state index in [1.54, 1.807) is 0 Å². The Morgan fingerprint density at radius 1 is 1.38 bits per heavy atom. The molecular weight excluding hydrogens is 302 g/mol. The van der Waals surface area contributed by atoms with E-state index in [-0.39, 0.29) is 0 Å². The van der Waals surface area contributed by atoms with E-state index in [1.165, 1.54) is 17.5 Å². The molecule has 1 aromatic rings. The Labute approximate surface area is 138 Å². The first-order chi connectivity index (χ1) is 10.1. The van der Waals surface area contributed by atoms with Crippen LogP contribution in [0.25, 0.3) is 0 Å². The van der Waals surface area contributed by atoms with Crippen LogP contribution in [0, 0.1) is 0 Å². The van der Waals surface area contributed by atoms with Gasteiger partial charge in [0.1, 0.15) is 5.75 Å². The molecule has 0 radical (unpaired) electrons. The standard InChI is InChI=1S/C17H26ClNOS/c1-4-12(3)21-11-16(19-5-2)10-14-9-15(18)8-13-6-7-20-17(13)14/h8-9,12,16,19H,4-7,10-11H2,1-3H3. The topological polar surface area (TPSA) is 21.3 Å². The number of hydrogen-bond donors (Lipinski definition) is 1. The minimum Gasteiger partial charge on any atom is -0.493 e. The molecule has 0 fully saturated rings. The molecule has 118 valence electrons. The maximum absolute atomic E-state index is 6.26. The summed E-state index contributed by atoms with van der Waals surface area (Å²) >= 11 is 8.30. The second kappa shape index (κ2) is 8.30. The molecule has 0 aliphatic carbocycles. The van der Waals surface area contributed by atoms with E-state index in [2.05, 4.69) is 32.2 Å². The van der Waals surface area contributed by atoms with E-state index >= 15 is 0 Å². The number of rotatable bonds is 8. The highest BCUT2D eigenvalue weighted by Gasteiger charge is 2.20. The van der Waals surface area contributed by atoms with E-state index in [1.807, 2.05) is 17.8 Å². The molecule has 0 amide bonds. The van der Waals surface area contributed by atoms with Gasteiger partial charge in [-0.15, -0.1) is 0 Å². The first-order valence-corrected chi connectivity index (χ1v) is 9.35. The van der Waals surface area contributed by atoms with Crippen molar-refractivity contribution in [2.24, 2.45) is 0 Å². The summed E-state index contributed by atoms with van der Waals surface area (Å²) < 4.78 is 5.82. The van der Waals surface area contributed by atoms with Crippen LogP contribution >= 0.6 is 23.4 Å². The van der Waals surface area contributed by atoms with Gasteiger partial charge in [0, 0.05) is 28.5 Å². The fourth-order valence-corrected chi connectivity index (χ4v) is 3.94. The third kappa shape index (κ3) is 4.80. The second-order valence-corrected chi connectivity index (χ2v) is 7.57. The van der Waals surface area contributed by atoms with Crippen molar-refractivity contribution in [2.45, 2.75) is 51.3 Å². The van der Waals surface area contributed by atoms with Gasteiger partial charge in [0.05, 0.1) is 6.61 Å². The number of hydrogen-bond acceptors (Lipinski definition) is 3. The summed E-state index contributed by atoms with van der Waals surface area (Å²) in [4.78, 5) is 0. The smallest absolute Gasteiger partial charge is 0.125 e. The number of fused-ring (bicyclic) bond motifs is 1. The first-order valence-electron chi connectivity index (χ1n) is 7.93. The van der Waals surface area contributed by atoms with E-state index in [0.717, 1.165) is 42.5 Å². The molecule has 0 aromatic heterocycles. The number of thioether (sulfide) groups is 1. The Morgan fingerprint density at radius 2 is 2.19 bits per heavy atom. The average Bonchev–Trinajstić information content (AvgIpc) is 2.92. The number of benzene rings is 1. The Morgan fingerprint density at radius 3 is 2.90 bits per heavy atom. The molecule has 0 saturated carbocycles. The summed E-state index contributed by atoms with van der Waals surface area (Å²) in [6, 6.07) is 4.59. The zero-order chi connectivity index (χ0) is 15.2. The van der Waals surface area contributed by atoms with Gasteiger partial charge in [0.2, 0.25) is 0 Å². The fraction of sp³-hybridized carbons (Fsp3) is 0.647. The molecule has 2 unspecified atom stereocenters. The van der Waals surface area contributed by atoms with Gasteiger partial charge in [0.25, 0.3) is 0 Å². The second-order valence-electron chi connectivity index (χ2n) is 5.66. The normalized spacial score (nSPS) is 16.4. The molecule has 2 atom stereocenters. The van der Waals surface area contributed by atoms with Crippen LogP contribution in [-0.2, 0) is 12.8 Å². The molecule has 1 aromatic carbocycles. The fourth-order valence-electron chi connectivity index (χ4n) is 2.64. The molecule has 2 rings (SSSR count). The SMILES string of the molecule is CCNC(CSC(C)CC)Cc1cc(Cl)cc2c1OCC2. The summed E-state index contributed by atoms with van der Waals surface area (Å²) in [5.74, 6) is 2.21. The van der Waals surface area contributed by atoms with Gasteiger partial charge in [-0.05, 0) is 42.6 Å². The predicted molar refractivity (Wildman–Crippen MR) is 94.0 cm³/mol. The van der Waals surface area contributed by atoms with Crippen molar-refractivity contribution in [3.8, 4) is 5.75 Å². The quantitative estimate of drug-likeness (QED) is 0.768. The molecular formula is C17H26ClNOS. The van der Waals surface area contributed by atoms with E-state index in [0.29, 0.717) is 11.3 Å². The molecule has 0 saturated heterocycles. The van der Waals surface area contributed by atoms with Crippen LogP contribution in [0.1, 0.15) is 38.3 Å². The maximum atomic E-state index is 6.26. The largest absolute Gasteiger partial charge is 0.493 e. The molecule has 1 aliphatic rings. The maximum Gasteiger partial charge on any atom is 0.125 e. The summed E-state index contributed by atoms with van der Waals surface area (Å²) in [7, 11) is 0. The molecule has 1 aliphatic heterocycles. The molecule has 0 spiro atoms. The van der Waals surface area contributed by atoms with Gasteiger partial charge >= 0.3 is 0 Å². The Hall–Kier alpha value is -0.380. The van der Waals surface area contributed by atoms with Crippen LogP contribution < -0.4 is 10.1 Å². The summed E-state index contributed by atoms with van der Waals surface area (Å²) in [6.07, 6.45) is 3.19. The van der Waals surface area contributed by atoms with Crippen LogP contribution in [0.3, 0.4) is 0 Å². The van der Waals surface area contributed by atoms with Crippen molar-refractivity contribution in [2.75, 3.05) is 18.9 Å². The van der Waals surface area contributed by atoms with Crippen LogP contribution in [-0.4, -0.2) is 30.2 Å². The highest BCUT2D eigenvalue weighted by molar-refractivity contribution is 7.99. The highest BCUT2D eigenvalue weighted by atomic mass is 35.5. The third-order valence-corrected chi connectivity index (χ3v) is 5.66. The van der Waals surface area contributed by atoms with E-state index in [4.69, 9.17) is 16.3 Å². The molecule has 1 N–H and O–H groups in total.